The molecule has 2 saturated heterocycles. The molecule has 2 aliphatic heterocycles. The number of carbonyl (C=O) groups excluding carboxylic acids is 1. The molecular formula is C31H37ClN4O2. The van der Waals surface area contributed by atoms with Crippen LogP contribution in [0.15, 0.2) is 72.8 Å². The number of halogens is 1. The fourth-order valence-corrected chi connectivity index (χ4v) is 5.61. The zero-order chi connectivity index (χ0) is 26.3. The van der Waals surface area contributed by atoms with Gasteiger partial charge < -0.3 is 15.8 Å². The summed E-state index contributed by atoms with van der Waals surface area (Å²) in [6, 6.07) is 24.2. The van der Waals surface area contributed by atoms with Crippen molar-refractivity contribution in [2.24, 2.45) is 0 Å². The highest BCUT2D eigenvalue weighted by atomic mass is 35.5. The summed E-state index contributed by atoms with van der Waals surface area (Å²) in [5.41, 5.74) is 9.69. The van der Waals surface area contributed by atoms with Gasteiger partial charge in [-0.05, 0) is 67.1 Å². The molecular weight excluding hydrogens is 496 g/mol. The largest absolute Gasteiger partial charge is 0.490 e. The van der Waals surface area contributed by atoms with Crippen LogP contribution in [-0.2, 0) is 13.1 Å². The second kappa shape index (κ2) is 12.7. The van der Waals surface area contributed by atoms with Gasteiger partial charge in [0.15, 0.2) is 0 Å². The highest BCUT2D eigenvalue weighted by molar-refractivity contribution is 6.34. The number of nitrogens with one attached hydrogen (secondary N) is 1. The smallest absolute Gasteiger partial charge is 0.253 e. The quantitative estimate of drug-likeness (QED) is 0.382. The topological polar surface area (TPSA) is 70.8 Å². The Balaban J connectivity index is 1.06. The third-order valence-corrected chi connectivity index (χ3v) is 7.89. The Kier molecular flexibility index (Phi) is 8.84. The van der Waals surface area contributed by atoms with Gasteiger partial charge in [-0.25, -0.2) is 0 Å². The van der Waals surface area contributed by atoms with Crippen molar-refractivity contribution in [1.29, 1.82) is 0 Å². The van der Waals surface area contributed by atoms with E-state index in [0.29, 0.717) is 10.6 Å². The van der Waals surface area contributed by atoms with E-state index < -0.39 is 0 Å². The van der Waals surface area contributed by atoms with Crippen molar-refractivity contribution < 1.29 is 9.53 Å². The summed E-state index contributed by atoms with van der Waals surface area (Å²) in [6.07, 6.45) is 3.94. The van der Waals surface area contributed by atoms with E-state index in [1.165, 1.54) is 11.1 Å². The third-order valence-electron chi connectivity index (χ3n) is 7.58. The van der Waals surface area contributed by atoms with E-state index in [0.717, 1.165) is 76.4 Å². The van der Waals surface area contributed by atoms with Crippen molar-refractivity contribution in [1.82, 2.24) is 15.1 Å². The van der Waals surface area contributed by atoms with Gasteiger partial charge in [0.05, 0.1) is 10.6 Å². The van der Waals surface area contributed by atoms with Crippen LogP contribution in [0.5, 0.6) is 5.75 Å². The van der Waals surface area contributed by atoms with E-state index in [-0.39, 0.29) is 18.1 Å². The van der Waals surface area contributed by atoms with Crippen LogP contribution >= 0.6 is 11.6 Å². The van der Waals surface area contributed by atoms with E-state index in [4.69, 9.17) is 22.1 Å². The summed E-state index contributed by atoms with van der Waals surface area (Å²) in [5, 5.41) is 3.62. The lowest BCUT2D eigenvalue weighted by Crippen LogP contribution is -2.44. The van der Waals surface area contributed by atoms with Gasteiger partial charge in [0.1, 0.15) is 11.9 Å². The van der Waals surface area contributed by atoms with Gasteiger partial charge in [0.2, 0.25) is 0 Å². The van der Waals surface area contributed by atoms with Crippen molar-refractivity contribution in [2.75, 3.05) is 31.9 Å². The molecule has 0 aliphatic carbocycles. The van der Waals surface area contributed by atoms with E-state index in [2.05, 4.69) is 51.5 Å². The molecule has 0 saturated carbocycles. The predicted molar refractivity (Wildman–Crippen MR) is 153 cm³/mol. The predicted octanol–water partition coefficient (Wildman–Crippen LogP) is 5.36. The maximum atomic E-state index is 12.9. The van der Waals surface area contributed by atoms with Crippen LogP contribution in [-0.4, -0.2) is 54.0 Å². The van der Waals surface area contributed by atoms with Crippen LogP contribution in [0, 0.1) is 0 Å². The molecule has 7 heteroatoms. The Morgan fingerprint density at radius 3 is 2.08 bits per heavy atom. The summed E-state index contributed by atoms with van der Waals surface area (Å²) in [5.74, 6) is 0.608. The SMILES string of the molecule is Nc1ccc(CN2CCC(Oc3ccc(C(=O)NC4CCN(Cc5ccccc5)CC4)c(Cl)c3)CC2)cc1. The maximum absolute atomic E-state index is 12.9. The number of benzene rings is 3. The Morgan fingerprint density at radius 1 is 0.842 bits per heavy atom. The van der Waals surface area contributed by atoms with E-state index >= 15 is 0 Å². The Hall–Kier alpha value is -3.06. The highest BCUT2D eigenvalue weighted by Gasteiger charge is 2.24. The molecule has 3 aromatic carbocycles. The number of amides is 1. The normalized spacial score (nSPS) is 17.8. The molecule has 1 amide bonds. The van der Waals surface area contributed by atoms with E-state index in [1.54, 1.807) is 12.1 Å². The van der Waals surface area contributed by atoms with Gasteiger partial charge in [-0.1, -0.05) is 54.1 Å². The summed E-state index contributed by atoms with van der Waals surface area (Å²) >= 11 is 6.53. The summed E-state index contributed by atoms with van der Waals surface area (Å²) in [7, 11) is 0. The second-order valence-corrected chi connectivity index (χ2v) is 10.9. The number of nitrogens with zero attached hydrogens (tertiary/aromatic N) is 2. The monoisotopic (exact) mass is 532 g/mol. The molecule has 200 valence electrons. The van der Waals surface area contributed by atoms with Crippen molar-refractivity contribution >= 4 is 23.2 Å². The lowest BCUT2D eigenvalue weighted by Gasteiger charge is -2.32. The zero-order valence-corrected chi connectivity index (χ0v) is 22.6. The average Bonchev–Trinajstić information content (AvgIpc) is 2.93. The second-order valence-electron chi connectivity index (χ2n) is 10.5. The van der Waals surface area contributed by atoms with Gasteiger partial charge in [0.25, 0.3) is 5.91 Å². The molecule has 0 unspecified atom stereocenters. The standard InChI is InChI=1S/C31H37ClN4O2/c32-30-20-28(38-27-14-18-36(19-15-27)22-24-6-8-25(33)9-7-24)10-11-29(30)31(37)34-26-12-16-35(17-13-26)21-23-4-2-1-3-5-23/h1-11,20,26-27H,12-19,21-22,33H2,(H,34,37). The Morgan fingerprint density at radius 2 is 1.45 bits per heavy atom. The van der Waals surface area contributed by atoms with Crippen LogP contribution in [0.1, 0.15) is 47.2 Å². The lowest BCUT2D eigenvalue weighted by molar-refractivity contribution is 0.0908. The van der Waals surface area contributed by atoms with Gasteiger partial charge in [-0.15, -0.1) is 0 Å². The molecule has 0 aromatic heterocycles. The molecule has 38 heavy (non-hydrogen) atoms. The number of carbonyl (C=O) groups is 1. The molecule has 0 atom stereocenters. The number of nitrogens with two attached hydrogens (primary N) is 1. The third kappa shape index (κ3) is 7.28. The first-order valence-electron chi connectivity index (χ1n) is 13.6. The number of piperidine rings is 2. The number of anilines is 1. The first-order valence-corrected chi connectivity index (χ1v) is 14.0. The van der Waals surface area contributed by atoms with Crippen molar-refractivity contribution in [3.63, 3.8) is 0 Å². The number of hydrogen-bond acceptors (Lipinski definition) is 5. The van der Waals surface area contributed by atoms with Crippen molar-refractivity contribution in [3.8, 4) is 5.75 Å². The van der Waals surface area contributed by atoms with E-state index in [1.807, 2.05) is 24.3 Å². The van der Waals surface area contributed by atoms with Gasteiger partial charge in [-0.2, -0.15) is 0 Å². The fourth-order valence-electron chi connectivity index (χ4n) is 5.35. The lowest BCUT2D eigenvalue weighted by atomic mass is 10.0. The number of ether oxygens (including phenoxy) is 1. The van der Waals surface area contributed by atoms with Crippen molar-refractivity contribution in [3.05, 3.63) is 94.5 Å². The highest BCUT2D eigenvalue weighted by Crippen LogP contribution is 2.26. The number of hydrogen-bond donors (Lipinski definition) is 2. The maximum Gasteiger partial charge on any atom is 0.253 e. The number of rotatable bonds is 8. The minimum atomic E-state index is -0.112. The van der Waals surface area contributed by atoms with Gasteiger partial charge >= 0.3 is 0 Å². The minimum absolute atomic E-state index is 0.112. The van der Waals surface area contributed by atoms with Crippen molar-refractivity contribution in [2.45, 2.75) is 50.9 Å². The average molecular weight is 533 g/mol. The van der Waals surface area contributed by atoms with E-state index in [9.17, 15) is 4.79 Å². The number of likely N-dealkylation sites (tertiary alicyclic amines) is 2. The first-order chi connectivity index (χ1) is 18.5. The Labute approximate surface area is 230 Å². The van der Waals surface area contributed by atoms with Crippen LogP contribution in [0.2, 0.25) is 5.02 Å². The molecule has 2 heterocycles. The van der Waals surface area contributed by atoms with Gasteiger partial charge in [0, 0.05) is 51.0 Å². The first kappa shape index (κ1) is 26.5. The zero-order valence-electron chi connectivity index (χ0n) is 21.8. The fraction of sp³-hybridized carbons (Fsp3) is 0.387. The van der Waals surface area contributed by atoms with Crippen LogP contribution in [0.3, 0.4) is 0 Å². The molecule has 3 N–H and O–H groups in total. The molecule has 6 nitrogen and oxygen atoms in total. The molecule has 0 spiro atoms. The van der Waals surface area contributed by atoms with Crippen LogP contribution in [0.4, 0.5) is 5.69 Å². The summed E-state index contributed by atoms with van der Waals surface area (Å²) < 4.78 is 6.23. The molecule has 0 radical (unpaired) electrons. The number of nitrogen functional groups attached to an aromatic ring is 1. The summed E-state index contributed by atoms with van der Waals surface area (Å²) in [6.45, 7) is 5.78. The summed E-state index contributed by atoms with van der Waals surface area (Å²) in [4.78, 5) is 17.8. The molecule has 3 aromatic rings. The van der Waals surface area contributed by atoms with Crippen LogP contribution in [0.25, 0.3) is 0 Å². The van der Waals surface area contributed by atoms with Gasteiger partial charge in [-0.3, -0.25) is 14.6 Å². The Bertz CT molecular complexity index is 1190. The molecule has 2 aliphatic rings. The molecule has 2 fully saturated rings. The van der Waals surface area contributed by atoms with Crippen LogP contribution < -0.4 is 15.8 Å². The molecule has 0 bridgehead atoms. The molecule has 5 rings (SSSR count). The minimum Gasteiger partial charge on any atom is -0.490 e.